The van der Waals surface area contributed by atoms with Crippen molar-refractivity contribution in [2.45, 2.75) is 13.2 Å². The minimum Gasteiger partial charge on any atom is -0.493 e. The molecule has 2 N–H and O–H groups in total. The summed E-state index contributed by atoms with van der Waals surface area (Å²) >= 11 is 12.0. The molecule has 0 aliphatic carbocycles. The Balaban J connectivity index is 2.17. The second-order valence-corrected chi connectivity index (χ2v) is 5.06. The molecular weight excluding hydrogens is 297 g/mol. The first-order valence-corrected chi connectivity index (χ1v) is 6.83. The average Bonchev–Trinajstić information content (AvgIpc) is 2.46. The Kier molecular flexibility index (Phi) is 5.12. The highest BCUT2D eigenvalue weighted by Crippen LogP contribution is 2.30. The molecule has 0 aliphatic rings. The molecule has 5 heteroatoms. The van der Waals surface area contributed by atoms with Crippen LogP contribution < -0.4 is 15.2 Å². The van der Waals surface area contributed by atoms with Crippen LogP contribution in [0.3, 0.4) is 0 Å². The van der Waals surface area contributed by atoms with E-state index in [9.17, 15) is 0 Å². The van der Waals surface area contributed by atoms with Gasteiger partial charge >= 0.3 is 0 Å². The molecule has 0 saturated heterocycles. The Labute approximate surface area is 128 Å². The minimum atomic E-state index is 0.334. The second-order valence-electron chi connectivity index (χ2n) is 4.21. The summed E-state index contributed by atoms with van der Waals surface area (Å²) in [6, 6.07) is 10.9. The van der Waals surface area contributed by atoms with Crippen LogP contribution in [0.25, 0.3) is 0 Å². The lowest BCUT2D eigenvalue weighted by Gasteiger charge is -2.12. The number of hydrogen-bond donors (Lipinski definition) is 1. The van der Waals surface area contributed by atoms with Gasteiger partial charge in [-0.25, -0.2) is 0 Å². The number of rotatable bonds is 5. The molecule has 2 aromatic carbocycles. The molecule has 106 valence electrons. The molecule has 0 atom stereocenters. The van der Waals surface area contributed by atoms with Gasteiger partial charge in [-0.2, -0.15) is 0 Å². The maximum atomic E-state index is 6.11. The van der Waals surface area contributed by atoms with Gasteiger partial charge in [0.15, 0.2) is 11.5 Å². The van der Waals surface area contributed by atoms with Gasteiger partial charge in [0, 0.05) is 22.2 Å². The normalized spacial score (nSPS) is 10.4. The van der Waals surface area contributed by atoms with Crippen molar-refractivity contribution in [3.8, 4) is 11.5 Å². The van der Waals surface area contributed by atoms with Gasteiger partial charge in [-0.05, 0) is 29.8 Å². The first-order chi connectivity index (χ1) is 9.63. The molecule has 0 fully saturated rings. The van der Waals surface area contributed by atoms with Crippen LogP contribution in [0.2, 0.25) is 10.0 Å². The predicted octanol–water partition coefficient (Wildman–Crippen LogP) is 4.04. The maximum Gasteiger partial charge on any atom is 0.161 e. The molecular formula is C15H15Cl2NO2. The third-order valence-electron chi connectivity index (χ3n) is 2.86. The third kappa shape index (κ3) is 3.57. The van der Waals surface area contributed by atoms with E-state index in [1.165, 1.54) is 0 Å². The number of methoxy groups -OCH3 is 1. The third-order valence-corrected chi connectivity index (χ3v) is 3.45. The van der Waals surface area contributed by atoms with Crippen molar-refractivity contribution < 1.29 is 9.47 Å². The molecule has 20 heavy (non-hydrogen) atoms. The zero-order chi connectivity index (χ0) is 14.5. The minimum absolute atomic E-state index is 0.334. The summed E-state index contributed by atoms with van der Waals surface area (Å²) in [5.74, 6) is 1.30. The fourth-order valence-electron chi connectivity index (χ4n) is 1.76. The van der Waals surface area contributed by atoms with E-state index in [1.807, 2.05) is 24.3 Å². The van der Waals surface area contributed by atoms with Gasteiger partial charge in [0.05, 0.1) is 7.11 Å². The van der Waals surface area contributed by atoms with Crippen LogP contribution in [-0.2, 0) is 13.2 Å². The van der Waals surface area contributed by atoms with Crippen molar-refractivity contribution >= 4 is 23.2 Å². The van der Waals surface area contributed by atoms with E-state index in [-0.39, 0.29) is 0 Å². The van der Waals surface area contributed by atoms with Crippen LogP contribution in [0.15, 0.2) is 36.4 Å². The molecule has 0 radical (unpaired) electrons. The van der Waals surface area contributed by atoms with Crippen molar-refractivity contribution in [2.24, 2.45) is 5.73 Å². The molecule has 0 bridgehead atoms. The zero-order valence-electron chi connectivity index (χ0n) is 11.0. The molecule has 3 nitrogen and oxygen atoms in total. The summed E-state index contributed by atoms with van der Waals surface area (Å²) in [4.78, 5) is 0. The summed E-state index contributed by atoms with van der Waals surface area (Å²) in [5, 5.41) is 1.17. The van der Waals surface area contributed by atoms with Crippen LogP contribution in [-0.4, -0.2) is 7.11 Å². The smallest absolute Gasteiger partial charge is 0.161 e. The zero-order valence-corrected chi connectivity index (χ0v) is 12.5. The number of halogens is 2. The number of nitrogens with two attached hydrogens (primary N) is 1. The van der Waals surface area contributed by atoms with Gasteiger partial charge in [0.2, 0.25) is 0 Å². The van der Waals surface area contributed by atoms with Gasteiger partial charge in [-0.15, -0.1) is 0 Å². The van der Waals surface area contributed by atoms with Crippen LogP contribution in [0.4, 0.5) is 0 Å². The lowest BCUT2D eigenvalue weighted by molar-refractivity contribution is 0.284. The quantitative estimate of drug-likeness (QED) is 0.906. The monoisotopic (exact) mass is 311 g/mol. The topological polar surface area (TPSA) is 44.5 Å². The summed E-state index contributed by atoms with van der Waals surface area (Å²) in [7, 11) is 1.60. The molecule has 0 amide bonds. The van der Waals surface area contributed by atoms with Crippen molar-refractivity contribution in [1.82, 2.24) is 0 Å². The predicted molar refractivity (Wildman–Crippen MR) is 81.7 cm³/mol. The summed E-state index contributed by atoms with van der Waals surface area (Å²) in [6.45, 7) is 0.780. The Morgan fingerprint density at radius 3 is 2.50 bits per heavy atom. The van der Waals surface area contributed by atoms with Crippen LogP contribution >= 0.6 is 23.2 Å². The molecule has 0 unspecified atom stereocenters. The van der Waals surface area contributed by atoms with Gasteiger partial charge in [-0.3, -0.25) is 0 Å². The van der Waals surface area contributed by atoms with Crippen molar-refractivity contribution in [3.63, 3.8) is 0 Å². The van der Waals surface area contributed by atoms with E-state index >= 15 is 0 Å². The van der Waals surface area contributed by atoms with E-state index in [1.54, 1.807) is 19.2 Å². The molecule has 0 aliphatic heterocycles. The Hall–Kier alpha value is -1.42. The number of ether oxygens (including phenoxy) is 2. The summed E-state index contributed by atoms with van der Waals surface area (Å²) < 4.78 is 11.0. The van der Waals surface area contributed by atoms with Crippen molar-refractivity contribution in [3.05, 3.63) is 57.6 Å². The standard InChI is InChI=1S/C15H15Cl2NO2/c1-19-14-5-2-10(8-18)6-15(14)20-9-11-3-4-12(16)7-13(11)17/h2-7H,8-9,18H2,1H3. The Morgan fingerprint density at radius 2 is 1.85 bits per heavy atom. The lowest BCUT2D eigenvalue weighted by atomic mass is 10.2. The highest BCUT2D eigenvalue weighted by Gasteiger charge is 2.07. The summed E-state index contributed by atoms with van der Waals surface area (Å²) in [6.07, 6.45) is 0. The highest BCUT2D eigenvalue weighted by molar-refractivity contribution is 6.35. The second kappa shape index (κ2) is 6.84. The average molecular weight is 312 g/mol. The van der Waals surface area contributed by atoms with E-state index in [4.69, 9.17) is 38.4 Å². The fourth-order valence-corrected chi connectivity index (χ4v) is 2.22. The maximum absolute atomic E-state index is 6.11. The van der Waals surface area contributed by atoms with Gasteiger partial charge < -0.3 is 15.2 Å². The Morgan fingerprint density at radius 1 is 1.05 bits per heavy atom. The first kappa shape index (κ1) is 15.0. The molecule has 0 spiro atoms. The van der Waals surface area contributed by atoms with Gasteiger partial charge in [0.1, 0.15) is 6.61 Å². The first-order valence-electron chi connectivity index (χ1n) is 6.07. The molecule has 0 heterocycles. The van der Waals surface area contributed by atoms with Crippen LogP contribution in [0.1, 0.15) is 11.1 Å². The van der Waals surface area contributed by atoms with Crippen LogP contribution in [0.5, 0.6) is 11.5 Å². The van der Waals surface area contributed by atoms with Crippen molar-refractivity contribution in [2.75, 3.05) is 7.11 Å². The molecule has 2 rings (SSSR count). The molecule has 0 aromatic heterocycles. The largest absolute Gasteiger partial charge is 0.493 e. The fraction of sp³-hybridized carbons (Fsp3) is 0.200. The highest BCUT2D eigenvalue weighted by atomic mass is 35.5. The van der Waals surface area contributed by atoms with Gasteiger partial charge in [-0.1, -0.05) is 35.3 Å². The van der Waals surface area contributed by atoms with E-state index < -0.39 is 0 Å². The van der Waals surface area contributed by atoms with Crippen LogP contribution in [0, 0.1) is 0 Å². The Bertz CT molecular complexity index is 602. The van der Waals surface area contributed by atoms with E-state index in [0.717, 1.165) is 11.1 Å². The number of benzene rings is 2. The summed E-state index contributed by atoms with van der Waals surface area (Å²) in [5.41, 5.74) is 7.46. The molecule has 0 saturated carbocycles. The molecule has 2 aromatic rings. The SMILES string of the molecule is COc1ccc(CN)cc1OCc1ccc(Cl)cc1Cl. The van der Waals surface area contributed by atoms with E-state index in [0.29, 0.717) is 34.7 Å². The lowest BCUT2D eigenvalue weighted by Crippen LogP contribution is -2.01. The van der Waals surface area contributed by atoms with Gasteiger partial charge in [0.25, 0.3) is 0 Å². The number of hydrogen-bond acceptors (Lipinski definition) is 3. The van der Waals surface area contributed by atoms with Crippen molar-refractivity contribution in [1.29, 1.82) is 0 Å². The van der Waals surface area contributed by atoms with E-state index in [2.05, 4.69) is 0 Å².